The van der Waals surface area contributed by atoms with Crippen molar-refractivity contribution in [2.45, 2.75) is 6.42 Å². The Morgan fingerprint density at radius 2 is 1.93 bits per heavy atom. The largest absolute Gasteiger partial charge is 0.495 e. The third-order valence-electron chi connectivity index (χ3n) is 4.40. The Bertz CT molecular complexity index is 915. The molecule has 6 nitrogen and oxygen atoms in total. The van der Waals surface area contributed by atoms with Crippen molar-refractivity contribution in [3.8, 4) is 5.75 Å². The van der Waals surface area contributed by atoms with Gasteiger partial charge in [-0.05, 0) is 42.5 Å². The minimum atomic E-state index is -0.711. The summed E-state index contributed by atoms with van der Waals surface area (Å²) in [6.45, 7) is -0.380. The second-order valence-electron chi connectivity index (χ2n) is 6.26. The van der Waals surface area contributed by atoms with Crippen LogP contribution < -0.4 is 9.64 Å². The molecule has 1 aliphatic rings. The summed E-state index contributed by atoms with van der Waals surface area (Å²) in [6.07, 6.45) is -0.0424. The summed E-state index contributed by atoms with van der Waals surface area (Å²) in [7, 11) is 1.47. The quantitative estimate of drug-likeness (QED) is 0.544. The van der Waals surface area contributed by atoms with Crippen molar-refractivity contribution in [2.24, 2.45) is 5.92 Å². The number of benzene rings is 2. The summed E-state index contributed by atoms with van der Waals surface area (Å²) in [5.41, 5.74) is 0.708. The average Bonchev–Trinajstić information content (AvgIpc) is 3.08. The maximum absolute atomic E-state index is 12.9. The van der Waals surface area contributed by atoms with Gasteiger partial charge in [0, 0.05) is 23.6 Å². The highest BCUT2D eigenvalue weighted by atomic mass is 35.5. The summed E-state index contributed by atoms with van der Waals surface area (Å²) in [6, 6.07) is 9.80. The van der Waals surface area contributed by atoms with Gasteiger partial charge in [-0.15, -0.1) is 0 Å². The highest BCUT2D eigenvalue weighted by Gasteiger charge is 2.37. The van der Waals surface area contributed by atoms with Gasteiger partial charge < -0.3 is 14.4 Å². The first-order valence-electron chi connectivity index (χ1n) is 8.48. The average molecular weight is 406 g/mol. The lowest BCUT2D eigenvalue weighted by Crippen LogP contribution is -2.27. The van der Waals surface area contributed by atoms with Gasteiger partial charge in [0.05, 0.1) is 18.7 Å². The van der Waals surface area contributed by atoms with Gasteiger partial charge in [-0.3, -0.25) is 14.4 Å². The molecule has 1 heterocycles. The number of esters is 1. The third kappa shape index (κ3) is 4.31. The molecule has 0 bridgehead atoms. The van der Waals surface area contributed by atoms with Crippen LogP contribution in [0.15, 0.2) is 42.5 Å². The van der Waals surface area contributed by atoms with Gasteiger partial charge in [-0.25, -0.2) is 4.39 Å². The summed E-state index contributed by atoms with van der Waals surface area (Å²) < 4.78 is 23.2. The molecule has 0 unspecified atom stereocenters. The van der Waals surface area contributed by atoms with Crippen molar-refractivity contribution in [1.29, 1.82) is 0 Å². The molecule has 0 aromatic heterocycles. The molecule has 0 aliphatic carbocycles. The Morgan fingerprint density at radius 3 is 2.61 bits per heavy atom. The SMILES string of the molecule is COc1ccc(Cl)cc1N1C[C@H](C(=O)OCC(=O)c2ccc(F)cc2)CC1=O. The molecule has 1 atom stereocenters. The van der Waals surface area contributed by atoms with Gasteiger partial charge in [-0.1, -0.05) is 11.6 Å². The molecule has 0 spiro atoms. The van der Waals surface area contributed by atoms with Gasteiger partial charge >= 0.3 is 5.97 Å². The molecule has 1 saturated heterocycles. The predicted molar refractivity (Wildman–Crippen MR) is 100 cm³/mol. The normalized spacial score (nSPS) is 16.2. The summed E-state index contributed by atoms with van der Waals surface area (Å²) >= 11 is 6.01. The number of carbonyl (C=O) groups is 3. The number of amides is 1. The number of halogens is 2. The van der Waals surface area contributed by atoms with Crippen molar-refractivity contribution < 1.29 is 28.2 Å². The van der Waals surface area contributed by atoms with Crippen LogP contribution in [0.4, 0.5) is 10.1 Å². The van der Waals surface area contributed by atoms with Crippen LogP contribution in [0, 0.1) is 11.7 Å². The third-order valence-corrected chi connectivity index (χ3v) is 4.64. The van der Waals surface area contributed by atoms with Crippen LogP contribution in [-0.2, 0) is 14.3 Å². The lowest BCUT2D eigenvalue weighted by molar-refractivity contribution is -0.147. The predicted octanol–water partition coefficient (Wildman–Crippen LogP) is 3.27. The topological polar surface area (TPSA) is 72.9 Å². The molecule has 146 valence electrons. The summed E-state index contributed by atoms with van der Waals surface area (Å²) in [4.78, 5) is 38.1. The van der Waals surface area contributed by atoms with E-state index < -0.39 is 30.1 Å². The number of ether oxygens (including phenoxy) is 2. The first-order chi connectivity index (χ1) is 13.4. The molecule has 0 N–H and O–H groups in total. The molecule has 1 aliphatic heterocycles. The van der Waals surface area contributed by atoms with Crippen LogP contribution in [0.1, 0.15) is 16.8 Å². The molecule has 8 heteroatoms. The van der Waals surface area contributed by atoms with Gasteiger partial charge in [-0.2, -0.15) is 0 Å². The zero-order valence-electron chi connectivity index (χ0n) is 15.0. The zero-order valence-corrected chi connectivity index (χ0v) is 15.7. The highest BCUT2D eigenvalue weighted by molar-refractivity contribution is 6.31. The molecule has 2 aromatic rings. The van der Waals surface area contributed by atoms with E-state index >= 15 is 0 Å². The van der Waals surface area contributed by atoms with E-state index in [0.717, 1.165) is 12.1 Å². The van der Waals surface area contributed by atoms with E-state index in [9.17, 15) is 18.8 Å². The number of anilines is 1. The van der Waals surface area contributed by atoms with E-state index in [2.05, 4.69) is 0 Å². The Balaban J connectivity index is 1.63. The molecule has 28 heavy (non-hydrogen) atoms. The molecule has 3 rings (SSSR count). The van der Waals surface area contributed by atoms with Crippen LogP contribution in [0.25, 0.3) is 0 Å². The fraction of sp³-hybridized carbons (Fsp3) is 0.250. The van der Waals surface area contributed by atoms with E-state index in [1.807, 2.05) is 0 Å². The first-order valence-corrected chi connectivity index (χ1v) is 8.86. The van der Waals surface area contributed by atoms with Crippen molar-refractivity contribution in [3.63, 3.8) is 0 Å². The minimum absolute atomic E-state index is 0.0424. The maximum Gasteiger partial charge on any atom is 0.311 e. The lowest BCUT2D eigenvalue weighted by Gasteiger charge is -2.19. The Morgan fingerprint density at radius 1 is 1.21 bits per heavy atom. The lowest BCUT2D eigenvalue weighted by atomic mass is 10.1. The van der Waals surface area contributed by atoms with Gasteiger partial charge in [0.15, 0.2) is 12.4 Å². The van der Waals surface area contributed by atoms with Crippen LogP contribution >= 0.6 is 11.6 Å². The maximum atomic E-state index is 12.9. The van der Waals surface area contributed by atoms with E-state index in [1.165, 1.54) is 24.1 Å². The molecule has 0 saturated carbocycles. The summed E-state index contributed by atoms with van der Waals surface area (Å²) in [5.74, 6) is -2.09. The molecule has 1 fully saturated rings. The van der Waals surface area contributed by atoms with Crippen LogP contribution in [-0.4, -0.2) is 37.9 Å². The van der Waals surface area contributed by atoms with Crippen molar-refractivity contribution in [2.75, 3.05) is 25.2 Å². The number of carbonyl (C=O) groups excluding carboxylic acids is 3. The Labute approximate surface area is 165 Å². The fourth-order valence-corrected chi connectivity index (χ4v) is 3.11. The molecular formula is C20H17ClFNO5. The van der Waals surface area contributed by atoms with Crippen LogP contribution in [0.2, 0.25) is 5.02 Å². The number of methoxy groups -OCH3 is 1. The number of Topliss-reactive ketones (excluding diaryl/α,β-unsaturated/α-hetero) is 1. The minimum Gasteiger partial charge on any atom is -0.495 e. The monoisotopic (exact) mass is 405 g/mol. The van der Waals surface area contributed by atoms with E-state index in [-0.39, 0.29) is 24.4 Å². The van der Waals surface area contributed by atoms with Crippen LogP contribution in [0.5, 0.6) is 5.75 Å². The Kier molecular flexibility index (Phi) is 5.94. The summed E-state index contributed by atoms with van der Waals surface area (Å²) in [5, 5.41) is 0.430. The smallest absolute Gasteiger partial charge is 0.311 e. The van der Waals surface area contributed by atoms with Crippen molar-refractivity contribution >= 4 is 34.9 Å². The zero-order chi connectivity index (χ0) is 20.3. The van der Waals surface area contributed by atoms with E-state index in [1.54, 1.807) is 18.2 Å². The Hall–Kier alpha value is -2.93. The van der Waals surface area contributed by atoms with Crippen molar-refractivity contribution in [1.82, 2.24) is 0 Å². The highest BCUT2D eigenvalue weighted by Crippen LogP contribution is 2.35. The number of hydrogen-bond acceptors (Lipinski definition) is 5. The number of nitrogens with zero attached hydrogens (tertiary/aromatic N) is 1. The van der Waals surface area contributed by atoms with E-state index in [0.29, 0.717) is 16.5 Å². The van der Waals surface area contributed by atoms with E-state index in [4.69, 9.17) is 21.1 Å². The standard InChI is InChI=1S/C20H17ClFNO5/c1-27-18-7-4-14(21)9-16(18)23-10-13(8-19(23)25)20(26)28-11-17(24)12-2-5-15(22)6-3-12/h2-7,9,13H,8,10-11H2,1H3/t13-/m1/s1. The fourth-order valence-electron chi connectivity index (χ4n) is 2.95. The first kappa shape index (κ1) is 19.8. The molecule has 2 aromatic carbocycles. The van der Waals surface area contributed by atoms with Crippen molar-refractivity contribution in [3.05, 3.63) is 58.9 Å². The van der Waals surface area contributed by atoms with Gasteiger partial charge in [0.25, 0.3) is 0 Å². The van der Waals surface area contributed by atoms with Gasteiger partial charge in [0.1, 0.15) is 11.6 Å². The second kappa shape index (κ2) is 8.39. The molecule has 1 amide bonds. The molecule has 0 radical (unpaired) electrons. The van der Waals surface area contributed by atoms with Crippen LogP contribution in [0.3, 0.4) is 0 Å². The van der Waals surface area contributed by atoms with Gasteiger partial charge in [0.2, 0.25) is 5.91 Å². The number of ketones is 1. The number of hydrogen-bond donors (Lipinski definition) is 0. The molecular weight excluding hydrogens is 389 g/mol. The number of rotatable bonds is 6. The second-order valence-corrected chi connectivity index (χ2v) is 6.70.